The highest BCUT2D eigenvalue weighted by molar-refractivity contribution is 6.02. The molecule has 0 spiro atoms. The van der Waals surface area contributed by atoms with Crippen LogP contribution in [0.5, 0.6) is 0 Å². The van der Waals surface area contributed by atoms with Crippen LogP contribution in [0.15, 0.2) is 67.6 Å². The van der Waals surface area contributed by atoms with Gasteiger partial charge in [0, 0.05) is 18.4 Å². The maximum absolute atomic E-state index is 12.5. The molecule has 0 atom stereocenters. The van der Waals surface area contributed by atoms with Crippen molar-refractivity contribution in [3.8, 4) is 5.82 Å². The summed E-state index contributed by atoms with van der Waals surface area (Å²) in [5, 5.41) is 10.0. The van der Waals surface area contributed by atoms with E-state index in [0.717, 1.165) is 11.3 Å². The van der Waals surface area contributed by atoms with Gasteiger partial charge in [0.1, 0.15) is 24.2 Å². The molecule has 4 aromatic rings. The summed E-state index contributed by atoms with van der Waals surface area (Å²) < 4.78 is 1.46. The second-order valence-electron chi connectivity index (χ2n) is 6.04. The predicted molar refractivity (Wildman–Crippen MR) is 107 cm³/mol. The van der Waals surface area contributed by atoms with Crippen LogP contribution in [0.3, 0.4) is 0 Å². The largest absolute Gasteiger partial charge is 0.382 e. The van der Waals surface area contributed by atoms with Gasteiger partial charge in [-0.05, 0) is 29.8 Å². The lowest BCUT2D eigenvalue weighted by Crippen LogP contribution is -2.15. The van der Waals surface area contributed by atoms with Crippen molar-refractivity contribution in [2.24, 2.45) is 0 Å². The summed E-state index contributed by atoms with van der Waals surface area (Å²) in [6, 6.07) is 11.1. The summed E-state index contributed by atoms with van der Waals surface area (Å²) in [5.74, 6) is 0.552. The fraction of sp³-hybridized carbons (Fsp3) is 0.0526. The standard InChI is InChI=1S/C19H17N9O/c20-18-15(5-2-6-22-18)23-8-13-3-1-4-14(7-13)27-19(29)16-9-25-17(10-24-16)28-12-21-11-26-28/h1-7,9-12,23H,8H2,(H2,20,22)(H,27,29). The van der Waals surface area contributed by atoms with Crippen molar-refractivity contribution < 1.29 is 4.79 Å². The van der Waals surface area contributed by atoms with E-state index in [9.17, 15) is 4.79 Å². The molecule has 1 aromatic carbocycles. The summed E-state index contributed by atoms with van der Waals surface area (Å²) >= 11 is 0. The minimum Gasteiger partial charge on any atom is -0.382 e. The number of nitrogen functional groups attached to an aromatic ring is 1. The third kappa shape index (κ3) is 4.33. The number of aromatic nitrogens is 6. The lowest BCUT2D eigenvalue weighted by Gasteiger charge is -2.10. The van der Waals surface area contributed by atoms with Gasteiger partial charge in [-0.15, -0.1) is 0 Å². The van der Waals surface area contributed by atoms with E-state index in [4.69, 9.17) is 5.73 Å². The molecule has 3 aromatic heterocycles. The van der Waals surface area contributed by atoms with E-state index >= 15 is 0 Å². The van der Waals surface area contributed by atoms with Gasteiger partial charge in [-0.2, -0.15) is 5.10 Å². The highest BCUT2D eigenvalue weighted by Crippen LogP contribution is 2.17. The van der Waals surface area contributed by atoms with Crippen molar-refractivity contribution in [2.75, 3.05) is 16.4 Å². The Morgan fingerprint density at radius 1 is 1.10 bits per heavy atom. The quantitative estimate of drug-likeness (QED) is 0.456. The zero-order valence-electron chi connectivity index (χ0n) is 15.2. The van der Waals surface area contributed by atoms with Gasteiger partial charge in [-0.25, -0.2) is 24.6 Å². The number of nitrogens with zero attached hydrogens (tertiary/aromatic N) is 6. The van der Waals surface area contributed by atoms with Crippen LogP contribution in [0.1, 0.15) is 16.1 Å². The molecule has 0 saturated heterocycles. The monoisotopic (exact) mass is 387 g/mol. The normalized spacial score (nSPS) is 10.5. The molecular formula is C19H17N9O. The molecule has 4 N–H and O–H groups in total. The Kier molecular flexibility index (Phi) is 5.06. The molecule has 4 rings (SSSR count). The first-order valence-electron chi connectivity index (χ1n) is 8.71. The highest BCUT2D eigenvalue weighted by atomic mass is 16.1. The topological polar surface area (TPSA) is 137 Å². The van der Waals surface area contributed by atoms with Crippen LogP contribution < -0.4 is 16.4 Å². The average molecular weight is 387 g/mol. The number of nitrogens with two attached hydrogens (primary N) is 1. The van der Waals surface area contributed by atoms with Crippen molar-refractivity contribution in [1.82, 2.24) is 29.7 Å². The number of anilines is 3. The molecule has 10 nitrogen and oxygen atoms in total. The molecular weight excluding hydrogens is 370 g/mol. The summed E-state index contributed by atoms with van der Waals surface area (Å²) in [4.78, 5) is 28.7. The third-order valence-corrected chi connectivity index (χ3v) is 4.03. The second kappa shape index (κ2) is 8.13. The van der Waals surface area contributed by atoms with Crippen LogP contribution in [0.25, 0.3) is 5.82 Å². The maximum atomic E-state index is 12.5. The second-order valence-corrected chi connectivity index (χ2v) is 6.04. The van der Waals surface area contributed by atoms with Crippen LogP contribution in [0.4, 0.5) is 17.2 Å². The van der Waals surface area contributed by atoms with E-state index in [1.165, 1.54) is 29.7 Å². The zero-order chi connectivity index (χ0) is 20.1. The minimum atomic E-state index is -0.357. The summed E-state index contributed by atoms with van der Waals surface area (Å²) in [6.45, 7) is 0.534. The van der Waals surface area contributed by atoms with Gasteiger partial charge in [0.15, 0.2) is 5.82 Å². The molecule has 1 amide bonds. The molecule has 10 heteroatoms. The first-order chi connectivity index (χ1) is 14.2. The Labute approximate surface area is 165 Å². The van der Waals surface area contributed by atoms with E-state index in [2.05, 4.69) is 35.7 Å². The van der Waals surface area contributed by atoms with Gasteiger partial charge >= 0.3 is 0 Å². The predicted octanol–water partition coefficient (Wildman–Crippen LogP) is 1.90. The Morgan fingerprint density at radius 3 is 2.79 bits per heavy atom. The van der Waals surface area contributed by atoms with Crippen LogP contribution in [0, 0.1) is 0 Å². The van der Waals surface area contributed by atoms with Crippen LogP contribution in [-0.4, -0.2) is 35.6 Å². The molecule has 29 heavy (non-hydrogen) atoms. The molecule has 144 valence electrons. The molecule has 3 heterocycles. The number of carbonyl (C=O) groups is 1. The summed E-state index contributed by atoms with van der Waals surface area (Å²) in [5.41, 5.74) is 8.40. The van der Waals surface area contributed by atoms with E-state index < -0.39 is 0 Å². The molecule has 0 fully saturated rings. The van der Waals surface area contributed by atoms with Gasteiger partial charge in [-0.1, -0.05) is 12.1 Å². The van der Waals surface area contributed by atoms with Gasteiger partial charge in [0.05, 0.1) is 18.1 Å². The van der Waals surface area contributed by atoms with Gasteiger partial charge in [0.2, 0.25) is 0 Å². The van der Waals surface area contributed by atoms with Gasteiger partial charge in [-0.3, -0.25) is 4.79 Å². The number of carbonyl (C=O) groups excluding carboxylic acids is 1. The number of hydrogen-bond acceptors (Lipinski definition) is 8. The number of rotatable bonds is 6. The van der Waals surface area contributed by atoms with Crippen LogP contribution in [-0.2, 0) is 6.54 Å². The lowest BCUT2D eigenvalue weighted by molar-refractivity contribution is 0.102. The van der Waals surface area contributed by atoms with Crippen molar-refractivity contribution in [2.45, 2.75) is 6.54 Å². The lowest BCUT2D eigenvalue weighted by atomic mass is 10.2. The number of hydrogen-bond donors (Lipinski definition) is 3. The van der Waals surface area contributed by atoms with Crippen molar-refractivity contribution in [1.29, 1.82) is 0 Å². The molecule has 0 aliphatic heterocycles. The molecule has 0 saturated carbocycles. The third-order valence-electron chi connectivity index (χ3n) is 4.03. The SMILES string of the molecule is Nc1ncccc1NCc1cccc(NC(=O)c2cnc(-n3cncn3)cn2)c1. The smallest absolute Gasteiger partial charge is 0.275 e. The van der Waals surface area contributed by atoms with Crippen molar-refractivity contribution in [3.63, 3.8) is 0 Å². The minimum absolute atomic E-state index is 0.195. The van der Waals surface area contributed by atoms with Gasteiger partial charge < -0.3 is 16.4 Å². The molecule has 0 radical (unpaired) electrons. The first-order valence-corrected chi connectivity index (χ1v) is 8.71. The van der Waals surface area contributed by atoms with E-state index in [0.29, 0.717) is 23.9 Å². The fourth-order valence-corrected chi connectivity index (χ4v) is 2.60. The molecule has 0 unspecified atom stereocenters. The fourth-order valence-electron chi connectivity index (χ4n) is 2.60. The molecule has 0 aliphatic rings. The Bertz CT molecular complexity index is 1110. The number of benzene rings is 1. The van der Waals surface area contributed by atoms with E-state index in [1.807, 2.05) is 30.3 Å². The molecule has 0 bridgehead atoms. The molecule has 0 aliphatic carbocycles. The van der Waals surface area contributed by atoms with E-state index in [-0.39, 0.29) is 11.6 Å². The Morgan fingerprint density at radius 2 is 2.03 bits per heavy atom. The summed E-state index contributed by atoms with van der Waals surface area (Å²) in [6.07, 6.45) is 7.39. The summed E-state index contributed by atoms with van der Waals surface area (Å²) in [7, 11) is 0. The number of nitrogens with one attached hydrogen (secondary N) is 2. The van der Waals surface area contributed by atoms with Crippen LogP contribution in [0.2, 0.25) is 0 Å². The van der Waals surface area contributed by atoms with Crippen molar-refractivity contribution >= 4 is 23.1 Å². The number of pyridine rings is 1. The van der Waals surface area contributed by atoms with E-state index in [1.54, 1.807) is 12.3 Å². The highest BCUT2D eigenvalue weighted by Gasteiger charge is 2.10. The average Bonchev–Trinajstić information content (AvgIpc) is 3.28. The van der Waals surface area contributed by atoms with Gasteiger partial charge in [0.25, 0.3) is 5.91 Å². The van der Waals surface area contributed by atoms with Crippen LogP contribution >= 0.6 is 0 Å². The first kappa shape index (κ1) is 18.0. The Balaban J connectivity index is 1.41. The van der Waals surface area contributed by atoms with Crippen molar-refractivity contribution in [3.05, 3.63) is 78.9 Å². The number of amides is 1. The Hall–Kier alpha value is -4.34. The zero-order valence-corrected chi connectivity index (χ0v) is 15.2. The maximum Gasteiger partial charge on any atom is 0.275 e.